The summed E-state index contributed by atoms with van der Waals surface area (Å²) in [6.07, 6.45) is 0.333. The second-order valence-electron chi connectivity index (χ2n) is 3.29. The van der Waals surface area contributed by atoms with E-state index in [4.69, 9.17) is 5.11 Å². The molecule has 0 amide bonds. The van der Waals surface area contributed by atoms with Crippen molar-refractivity contribution in [1.82, 2.24) is 5.32 Å². The van der Waals surface area contributed by atoms with Crippen LogP contribution in [0.4, 0.5) is 0 Å². The number of nitrogens with one attached hydrogen (secondary N) is 1. The second-order valence-corrected chi connectivity index (χ2v) is 3.29. The molecule has 0 rings (SSSR count). The molecule has 0 aromatic rings. The smallest absolute Gasteiger partial charge is 0.306 e. The lowest BCUT2D eigenvalue weighted by molar-refractivity contribution is -0.140. The first-order valence-corrected chi connectivity index (χ1v) is 3.94. The van der Waals surface area contributed by atoms with E-state index in [2.05, 4.69) is 10.1 Å². The third-order valence-corrected chi connectivity index (χ3v) is 1.56. The van der Waals surface area contributed by atoms with Gasteiger partial charge in [0.05, 0.1) is 20.1 Å². The Morgan fingerprint density at radius 1 is 1.58 bits per heavy atom. The Hall–Kier alpha value is -0.610. The number of ether oxygens (including phenoxy) is 1. The molecular weight excluding hydrogens is 158 g/mol. The lowest BCUT2D eigenvalue weighted by Crippen LogP contribution is -2.43. The first kappa shape index (κ1) is 11.4. The lowest BCUT2D eigenvalue weighted by atomic mass is 10.1. The zero-order valence-corrected chi connectivity index (χ0v) is 7.89. The van der Waals surface area contributed by atoms with E-state index in [1.165, 1.54) is 7.11 Å². The molecule has 0 spiro atoms. The van der Waals surface area contributed by atoms with Gasteiger partial charge in [-0.05, 0) is 13.8 Å². The number of esters is 1. The van der Waals surface area contributed by atoms with Crippen LogP contribution in [0.1, 0.15) is 20.3 Å². The Labute approximate surface area is 72.9 Å². The average molecular weight is 175 g/mol. The summed E-state index contributed by atoms with van der Waals surface area (Å²) in [5.41, 5.74) is -0.325. The predicted octanol–water partition coefficient (Wildman–Crippen LogP) is -0.0900. The molecule has 0 saturated heterocycles. The Kier molecular flexibility index (Phi) is 4.85. The van der Waals surface area contributed by atoms with E-state index < -0.39 is 0 Å². The van der Waals surface area contributed by atoms with Crippen molar-refractivity contribution in [3.8, 4) is 0 Å². The molecule has 72 valence electrons. The molecule has 4 nitrogen and oxygen atoms in total. The van der Waals surface area contributed by atoms with Crippen molar-refractivity contribution in [3.63, 3.8) is 0 Å². The molecule has 0 radical (unpaired) electrons. The number of rotatable bonds is 5. The van der Waals surface area contributed by atoms with E-state index in [0.717, 1.165) is 0 Å². The van der Waals surface area contributed by atoms with Gasteiger partial charge in [0.15, 0.2) is 0 Å². The van der Waals surface area contributed by atoms with E-state index in [1.807, 2.05) is 13.8 Å². The monoisotopic (exact) mass is 175 g/mol. The molecule has 0 aromatic carbocycles. The molecule has 0 aliphatic heterocycles. The number of methoxy groups -OCH3 is 1. The zero-order valence-electron chi connectivity index (χ0n) is 7.89. The highest BCUT2D eigenvalue weighted by molar-refractivity contribution is 5.69. The molecule has 2 N–H and O–H groups in total. The maximum absolute atomic E-state index is 10.7. The Balaban J connectivity index is 3.49. The Bertz CT molecular complexity index is 145. The van der Waals surface area contributed by atoms with E-state index in [0.29, 0.717) is 13.0 Å². The fourth-order valence-electron chi connectivity index (χ4n) is 0.661. The largest absolute Gasteiger partial charge is 0.469 e. The molecule has 0 bridgehead atoms. The summed E-state index contributed by atoms with van der Waals surface area (Å²) in [5, 5.41) is 11.9. The minimum Gasteiger partial charge on any atom is -0.469 e. The summed E-state index contributed by atoms with van der Waals surface area (Å²) >= 11 is 0. The van der Waals surface area contributed by atoms with Crippen LogP contribution in [-0.2, 0) is 9.53 Å². The van der Waals surface area contributed by atoms with Crippen molar-refractivity contribution in [1.29, 1.82) is 0 Å². The van der Waals surface area contributed by atoms with Crippen LogP contribution >= 0.6 is 0 Å². The lowest BCUT2D eigenvalue weighted by Gasteiger charge is -2.22. The molecule has 4 heteroatoms. The van der Waals surface area contributed by atoms with E-state index in [1.54, 1.807) is 0 Å². The molecule has 0 atom stereocenters. The minimum absolute atomic E-state index is 0.0498. The number of aliphatic hydroxyl groups is 1. The standard InChI is InChI=1S/C8H17NO3/c1-8(2,6-10)9-5-4-7(11)12-3/h9-10H,4-6H2,1-3H3. The van der Waals surface area contributed by atoms with Gasteiger partial charge >= 0.3 is 5.97 Å². The molecule has 0 fully saturated rings. The highest BCUT2D eigenvalue weighted by Crippen LogP contribution is 1.99. The number of carbonyl (C=O) groups excluding carboxylic acids is 1. The average Bonchev–Trinajstić information content (AvgIpc) is 2.04. The highest BCUT2D eigenvalue weighted by atomic mass is 16.5. The van der Waals surface area contributed by atoms with Crippen molar-refractivity contribution in [3.05, 3.63) is 0 Å². The zero-order chi connectivity index (χ0) is 9.61. The normalized spacial score (nSPS) is 11.3. The summed E-state index contributed by atoms with van der Waals surface area (Å²) in [6, 6.07) is 0. The van der Waals surface area contributed by atoms with E-state index in [-0.39, 0.29) is 18.1 Å². The maximum atomic E-state index is 10.7. The van der Waals surface area contributed by atoms with Crippen molar-refractivity contribution in [2.75, 3.05) is 20.3 Å². The van der Waals surface area contributed by atoms with Crippen molar-refractivity contribution in [2.24, 2.45) is 0 Å². The minimum atomic E-state index is -0.325. The second kappa shape index (κ2) is 5.11. The summed E-state index contributed by atoms with van der Waals surface area (Å²) in [7, 11) is 1.36. The van der Waals surface area contributed by atoms with Gasteiger partial charge in [0.2, 0.25) is 0 Å². The number of aliphatic hydroxyl groups excluding tert-OH is 1. The summed E-state index contributed by atoms with van der Waals surface area (Å²) in [4.78, 5) is 10.7. The molecule has 0 aromatic heterocycles. The molecule has 0 aliphatic rings. The van der Waals surface area contributed by atoms with Gasteiger partial charge in [-0.3, -0.25) is 4.79 Å². The van der Waals surface area contributed by atoms with Gasteiger partial charge in [-0.25, -0.2) is 0 Å². The molecular formula is C8H17NO3. The Morgan fingerprint density at radius 3 is 2.58 bits per heavy atom. The first-order valence-electron chi connectivity index (χ1n) is 3.94. The SMILES string of the molecule is COC(=O)CCNC(C)(C)CO. The van der Waals surface area contributed by atoms with Crippen LogP contribution in [-0.4, -0.2) is 36.9 Å². The fraction of sp³-hybridized carbons (Fsp3) is 0.875. The van der Waals surface area contributed by atoms with Gasteiger partial charge in [0.1, 0.15) is 0 Å². The number of carbonyl (C=O) groups is 1. The van der Waals surface area contributed by atoms with Gasteiger partial charge in [0, 0.05) is 12.1 Å². The molecule has 0 aliphatic carbocycles. The quantitative estimate of drug-likeness (QED) is 0.573. The predicted molar refractivity (Wildman–Crippen MR) is 45.8 cm³/mol. The molecule has 0 heterocycles. The van der Waals surface area contributed by atoms with Gasteiger partial charge in [0.25, 0.3) is 0 Å². The van der Waals surface area contributed by atoms with Crippen LogP contribution in [0.15, 0.2) is 0 Å². The van der Waals surface area contributed by atoms with Gasteiger partial charge in [-0.1, -0.05) is 0 Å². The maximum Gasteiger partial charge on any atom is 0.306 e. The van der Waals surface area contributed by atoms with E-state index >= 15 is 0 Å². The molecule has 0 unspecified atom stereocenters. The number of hydrogen-bond acceptors (Lipinski definition) is 4. The first-order chi connectivity index (χ1) is 5.52. The number of hydrogen-bond donors (Lipinski definition) is 2. The topological polar surface area (TPSA) is 58.6 Å². The van der Waals surface area contributed by atoms with Gasteiger partial charge < -0.3 is 15.2 Å². The summed E-state index contributed by atoms with van der Waals surface area (Å²) in [6.45, 7) is 4.31. The Morgan fingerprint density at radius 2 is 2.17 bits per heavy atom. The van der Waals surface area contributed by atoms with Crippen LogP contribution in [0, 0.1) is 0 Å². The van der Waals surface area contributed by atoms with Crippen molar-refractivity contribution in [2.45, 2.75) is 25.8 Å². The van der Waals surface area contributed by atoms with Crippen molar-refractivity contribution < 1.29 is 14.6 Å². The van der Waals surface area contributed by atoms with Gasteiger partial charge in [-0.15, -0.1) is 0 Å². The third kappa shape index (κ3) is 5.09. The molecule has 12 heavy (non-hydrogen) atoms. The summed E-state index contributed by atoms with van der Waals surface area (Å²) < 4.78 is 4.46. The summed E-state index contributed by atoms with van der Waals surface area (Å²) in [5.74, 6) is -0.240. The van der Waals surface area contributed by atoms with Crippen LogP contribution < -0.4 is 5.32 Å². The highest BCUT2D eigenvalue weighted by Gasteiger charge is 2.14. The van der Waals surface area contributed by atoms with Crippen molar-refractivity contribution >= 4 is 5.97 Å². The molecule has 0 saturated carbocycles. The third-order valence-electron chi connectivity index (χ3n) is 1.56. The van der Waals surface area contributed by atoms with Crippen LogP contribution in [0.3, 0.4) is 0 Å². The fourth-order valence-corrected chi connectivity index (χ4v) is 0.661. The van der Waals surface area contributed by atoms with Crippen LogP contribution in [0.25, 0.3) is 0 Å². The van der Waals surface area contributed by atoms with Gasteiger partial charge in [-0.2, -0.15) is 0 Å². The van der Waals surface area contributed by atoms with E-state index in [9.17, 15) is 4.79 Å². The van der Waals surface area contributed by atoms with Crippen LogP contribution in [0.2, 0.25) is 0 Å². The van der Waals surface area contributed by atoms with Crippen LogP contribution in [0.5, 0.6) is 0 Å².